The first kappa shape index (κ1) is 53.9. The standard InChI is InChI=1S/C47H56N6O13S4/c1-6-52-37-22-20-33-35(27-31(67(55,56)57)29-39(33)69(61,62)63)44(37)46(2,3)41(52)17-11-9-12-18-42-47(4,5)45-36-28-32(68(58,59)60)30-40(70(64,65)66)34(36)21-23-38(45)53(42)26-16-10-13-19-43(54)49-24-14-7-8-15-25-50-51-48/h9,11-12,17-18,20-23,27-30H,6-8,10,13-16,19,24-26H2,1-5H3,(H4-,49,54,55,56,57,58,59,60,61,62,63,64,65,66)/p+1. The number of unbranched alkanes of at least 4 members (excludes halogenated alkanes) is 5. The molecule has 0 aliphatic carbocycles. The van der Waals surface area contributed by atoms with Crippen LogP contribution in [0.1, 0.15) is 97.1 Å². The third-order valence-corrected chi connectivity index (χ3v) is 16.3. The maximum Gasteiger partial charge on any atom is 0.295 e. The SMILES string of the molecule is CC[N+]1=C(/C=C/C=C/C=C2\N(CCCCCC(=O)NCCCCCCN=[N+]=[N-])c3ccc4c(S(=O)(=O)O)cc(S(=O)(=O)O)cc4c3C2(C)C)C(C)(C)c2c1ccc1c(S(=O)(=O)O)cc(S(=O)(=O)O)cc21. The molecule has 0 spiro atoms. The molecule has 70 heavy (non-hydrogen) atoms. The molecule has 5 N–H and O–H groups in total. The van der Waals surface area contributed by atoms with Gasteiger partial charge in [-0.25, -0.2) is 0 Å². The van der Waals surface area contributed by atoms with Gasteiger partial charge in [-0.05, 0) is 111 Å². The molecule has 0 atom stereocenters. The van der Waals surface area contributed by atoms with Gasteiger partial charge in [0.2, 0.25) is 11.6 Å². The van der Waals surface area contributed by atoms with Gasteiger partial charge in [0.1, 0.15) is 16.3 Å². The lowest BCUT2D eigenvalue weighted by atomic mass is 9.79. The zero-order chi connectivity index (χ0) is 51.6. The average Bonchev–Trinajstić information content (AvgIpc) is 3.62. The van der Waals surface area contributed by atoms with Gasteiger partial charge in [-0.1, -0.05) is 62.5 Å². The normalized spacial score (nSPS) is 16.5. The summed E-state index contributed by atoms with van der Waals surface area (Å²) in [7, 11) is -19.7. The van der Waals surface area contributed by atoms with Gasteiger partial charge in [0.25, 0.3) is 40.5 Å². The molecular formula is C47H57N6O13S4+. The van der Waals surface area contributed by atoms with Crippen molar-refractivity contribution in [3.05, 3.63) is 106 Å². The number of anilines is 1. The molecule has 0 bridgehead atoms. The number of carbonyl (C=O) groups is 1. The highest BCUT2D eigenvalue weighted by Gasteiger charge is 2.46. The minimum absolute atomic E-state index is 0.0504. The van der Waals surface area contributed by atoms with Crippen LogP contribution in [-0.4, -0.2) is 94.3 Å². The molecule has 4 aromatic carbocycles. The van der Waals surface area contributed by atoms with Crippen LogP contribution in [0, 0.1) is 0 Å². The molecule has 0 saturated heterocycles. The first-order valence-electron chi connectivity index (χ1n) is 22.5. The van der Waals surface area contributed by atoms with Crippen molar-refractivity contribution in [3.63, 3.8) is 0 Å². The summed E-state index contributed by atoms with van der Waals surface area (Å²) < 4.78 is 142. The van der Waals surface area contributed by atoms with Crippen LogP contribution in [0.5, 0.6) is 0 Å². The maximum absolute atomic E-state index is 12.6. The topological polar surface area (TPSA) is 302 Å². The van der Waals surface area contributed by atoms with Crippen LogP contribution in [0.25, 0.3) is 32.0 Å². The second-order valence-corrected chi connectivity index (χ2v) is 23.8. The largest absolute Gasteiger partial charge is 0.356 e. The Labute approximate surface area is 408 Å². The Balaban J connectivity index is 1.32. The van der Waals surface area contributed by atoms with Crippen molar-refractivity contribution in [1.29, 1.82) is 0 Å². The molecule has 2 heterocycles. The fourth-order valence-corrected chi connectivity index (χ4v) is 12.4. The maximum atomic E-state index is 12.6. The smallest absolute Gasteiger partial charge is 0.295 e. The Hall–Kier alpha value is -5.49. The number of nitrogens with zero attached hydrogens (tertiary/aromatic N) is 5. The Bertz CT molecular complexity index is 3410. The number of rotatable bonds is 21. The van der Waals surface area contributed by atoms with Crippen molar-refractivity contribution >= 4 is 85.0 Å². The lowest BCUT2D eigenvalue weighted by molar-refractivity contribution is -0.433. The Morgan fingerprint density at radius 2 is 1.27 bits per heavy atom. The van der Waals surface area contributed by atoms with Gasteiger partial charge < -0.3 is 10.2 Å². The Morgan fingerprint density at radius 1 is 0.700 bits per heavy atom. The van der Waals surface area contributed by atoms with E-state index in [4.69, 9.17) is 5.53 Å². The van der Waals surface area contributed by atoms with E-state index in [2.05, 4.69) is 15.3 Å². The van der Waals surface area contributed by atoms with Crippen molar-refractivity contribution in [2.45, 2.75) is 116 Å². The van der Waals surface area contributed by atoms with E-state index in [1.54, 1.807) is 30.4 Å². The number of allylic oxidation sites excluding steroid dienone is 6. The van der Waals surface area contributed by atoms with Crippen LogP contribution < -0.4 is 10.2 Å². The summed E-state index contributed by atoms with van der Waals surface area (Å²) in [6.45, 7) is 11.3. The highest BCUT2D eigenvalue weighted by Crippen LogP contribution is 2.52. The fourth-order valence-electron chi connectivity index (χ4n) is 9.70. The van der Waals surface area contributed by atoms with E-state index in [0.717, 1.165) is 43.2 Å². The van der Waals surface area contributed by atoms with Crippen molar-refractivity contribution in [2.75, 3.05) is 31.1 Å². The van der Waals surface area contributed by atoms with Crippen molar-refractivity contribution in [3.8, 4) is 0 Å². The lowest BCUT2D eigenvalue weighted by Gasteiger charge is -2.27. The minimum Gasteiger partial charge on any atom is -0.356 e. The molecule has 23 heteroatoms. The molecule has 0 saturated carbocycles. The highest BCUT2D eigenvalue weighted by atomic mass is 32.2. The zero-order valence-corrected chi connectivity index (χ0v) is 42.6. The molecule has 0 aromatic heterocycles. The quantitative estimate of drug-likeness (QED) is 0.00992. The molecule has 0 unspecified atom stereocenters. The third kappa shape index (κ3) is 11.3. The number of benzene rings is 4. The first-order chi connectivity index (χ1) is 32.6. The van der Waals surface area contributed by atoms with Crippen molar-refractivity contribution in [1.82, 2.24) is 5.32 Å². The fraction of sp³-hybridized carbons (Fsp3) is 0.404. The van der Waals surface area contributed by atoms with Crippen LogP contribution in [-0.2, 0) is 56.1 Å². The molecule has 1 amide bonds. The number of nitrogens with one attached hydrogen (secondary N) is 1. The second kappa shape index (κ2) is 20.7. The molecule has 2 aliphatic heterocycles. The summed E-state index contributed by atoms with van der Waals surface area (Å²) in [5.41, 5.74) is 10.5. The van der Waals surface area contributed by atoms with E-state index in [9.17, 15) is 56.7 Å². The van der Waals surface area contributed by atoms with E-state index >= 15 is 0 Å². The molecule has 2 aliphatic rings. The zero-order valence-electron chi connectivity index (χ0n) is 39.3. The van der Waals surface area contributed by atoms with Crippen LogP contribution in [0.2, 0.25) is 0 Å². The monoisotopic (exact) mass is 1040 g/mol. The van der Waals surface area contributed by atoms with Gasteiger partial charge >= 0.3 is 0 Å². The molecule has 376 valence electrons. The summed E-state index contributed by atoms with van der Waals surface area (Å²) in [5.74, 6) is -0.0627. The predicted octanol–water partition coefficient (Wildman–Crippen LogP) is 8.72. The van der Waals surface area contributed by atoms with Crippen molar-refractivity contribution in [2.24, 2.45) is 5.11 Å². The summed E-state index contributed by atoms with van der Waals surface area (Å²) in [5, 5.41) is 6.99. The third-order valence-electron chi connectivity index (χ3n) is 12.8. The van der Waals surface area contributed by atoms with E-state index in [1.807, 2.05) is 56.2 Å². The molecule has 0 fully saturated rings. The summed E-state index contributed by atoms with van der Waals surface area (Å²) in [6, 6.07) is 10.2. The summed E-state index contributed by atoms with van der Waals surface area (Å²) in [4.78, 5) is 14.6. The highest BCUT2D eigenvalue weighted by molar-refractivity contribution is 7.87. The van der Waals surface area contributed by atoms with Gasteiger partial charge in [-0.3, -0.25) is 23.0 Å². The van der Waals surface area contributed by atoms with E-state index in [-0.39, 0.29) is 27.5 Å². The van der Waals surface area contributed by atoms with Gasteiger partial charge in [0.05, 0.1) is 15.2 Å². The first-order valence-corrected chi connectivity index (χ1v) is 28.3. The Kier molecular flexibility index (Phi) is 15.9. The summed E-state index contributed by atoms with van der Waals surface area (Å²) >= 11 is 0. The summed E-state index contributed by atoms with van der Waals surface area (Å²) in [6.07, 6.45) is 14.7. The van der Waals surface area contributed by atoms with E-state index in [0.29, 0.717) is 80.4 Å². The molecule has 0 radical (unpaired) electrons. The van der Waals surface area contributed by atoms with Gasteiger partial charge in [0.15, 0.2) is 5.71 Å². The lowest BCUT2D eigenvalue weighted by Crippen LogP contribution is -2.27. The number of hydrogen-bond acceptors (Lipinski definition) is 11. The molecule has 4 aromatic rings. The molecule has 19 nitrogen and oxygen atoms in total. The number of carbonyl (C=O) groups excluding carboxylic acids is 1. The van der Waals surface area contributed by atoms with Gasteiger partial charge in [-0.15, -0.1) is 0 Å². The number of fused-ring (bicyclic) bond motifs is 6. The van der Waals surface area contributed by atoms with E-state index in [1.165, 1.54) is 24.3 Å². The van der Waals surface area contributed by atoms with Crippen molar-refractivity contribution < 1.29 is 61.3 Å². The van der Waals surface area contributed by atoms with E-state index < -0.39 is 70.9 Å². The number of azide groups is 1. The predicted molar refractivity (Wildman–Crippen MR) is 266 cm³/mol. The van der Waals surface area contributed by atoms with Crippen LogP contribution >= 0.6 is 0 Å². The van der Waals surface area contributed by atoms with Crippen LogP contribution in [0.15, 0.2) is 109 Å². The molecule has 6 rings (SSSR count). The Morgan fingerprint density at radius 3 is 1.84 bits per heavy atom. The minimum atomic E-state index is -4.96. The van der Waals surface area contributed by atoms with Crippen LogP contribution in [0.3, 0.4) is 0 Å². The number of hydrogen-bond donors (Lipinski definition) is 5. The van der Waals surface area contributed by atoms with Gasteiger partial charge in [-0.2, -0.15) is 38.2 Å². The average molecular weight is 1040 g/mol. The second-order valence-electron chi connectivity index (χ2n) is 18.2. The van der Waals surface area contributed by atoms with Gasteiger partial charge in [0, 0.05) is 76.2 Å². The number of amides is 1. The van der Waals surface area contributed by atoms with Crippen LogP contribution in [0.4, 0.5) is 11.4 Å². The molecular weight excluding hydrogens is 985 g/mol.